The topological polar surface area (TPSA) is 30.7 Å². The highest BCUT2D eigenvalue weighted by Gasteiger charge is 2.15. The van der Waals surface area contributed by atoms with Crippen molar-refractivity contribution >= 4 is 11.0 Å². The molecule has 0 bridgehead atoms. The molecule has 0 fully saturated rings. The van der Waals surface area contributed by atoms with E-state index in [4.69, 9.17) is 0 Å². The van der Waals surface area contributed by atoms with Crippen LogP contribution in [0.2, 0.25) is 0 Å². The zero-order valence-electron chi connectivity index (χ0n) is 13.9. The van der Waals surface area contributed by atoms with E-state index in [0.717, 1.165) is 22.2 Å². The Balaban J connectivity index is 1.84. The Morgan fingerprint density at radius 1 is 0.840 bits per heavy atom. The summed E-state index contributed by atoms with van der Waals surface area (Å²) in [5.74, 6) is 6.65. The number of para-hydroxylation sites is 1. The van der Waals surface area contributed by atoms with Crippen molar-refractivity contribution in [1.29, 1.82) is 0 Å². The number of aryl methyl sites for hydroxylation is 1. The molecule has 0 aliphatic heterocycles. The molecule has 0 aliphatic carbocycles. The second kappa shape index (κ2) is 6.62. The first-order chi connectivity index (χ1) is 12.3. The number of aromatic nitrogens is 3. The van der Waals surface area contributed by atoms with E-state index in [0.29, 0.717) is 0 Å². The minimum atomic E-state index is -0.187. The average molecular weight is 323 g/mol. The van der Waals surface area contributed by atoms with Crippen LogP contribution < -0.4 is 0 Å². The molecular formula is C22H17N3. The summed E-state index contributed by atoms with van der Waals surface area (Å²) in [6, 6.07) is 26.2. The molecule has 3 heteroatoms. The highest BCUT2D eigenvalue weighted by Crippen LogP contribution is 2.22. The molecule has 25 heavy (non-hydrogen) atoms. The molecule has 4 aromatic rings. The van der Waals surface area contributed by atoms with Crippen molar-refractivity contribution < 1.29 is 0 Å². The Kier molecular flexibility index (Phi) is 4.02. The van der Waals surface area contributed by atoms with Crippen molar-refractivity contribution in [1.82, 2.24) is 15.0 Å². The van der Waals surface area contributed by atoms with Gasteiger partial charge in [0.15, 0.2) is 0 Å². The fraction of sp³-hybridized carbons (Fsp3) is 0.0909. The van der Waals surface area contributed by atoms with Crippen molar-refractivity contribution in [3.05, 3.63) is 95.6 Å². The molecule has 0 aliphatic rings. The molecule has 1 aromatic heterocycles. The number of nitrogens with zero attached hydrogens (tertiary/aromatic N) is 3. The van der Waals surface area contributed by atoms with Crippen LogP contribution in [0.3, 0.4) is 0 Å². The van der Waals surface area contributed by atoms with Gasteiger partial charge in [-0.1, -0.05) is 77.2 Å². The summed E-state index contributed by atoms with van der Waals surface area (Å²) >= 11 is 0. The smallest absolute Gasteiger partial charge is 0.140 e. The fourth-order valence-electron chi connectivity index (χ4n) is 2.79. The summed E-state index contributed by atoms with van der Waals surface area (Å²) in [5.41, 5.74) is 5.17. The van der Waals surface area contributed by atoms with Crippen LogP contribution in [0.25, 0.3) is 11.0 Å². The number of rotatable bonds is 2. The van der Waals surface area contributed by atoms with Gasteiger partial charge in [0.1, 0.15) is 11.6 Å². The Hall–Kier alpha value is -3.38. The lowest BCUT2D eigenvalue weighted by atomic mass is 10.0. The average Bonchev–Trinajstić information content (AvgIpc) is 3.08. The highest BCUT2D eigenvalue weighted by atomic mass is 15.4. The zero-order valence-corrected chi connectivity index (χ0v) is 13.9. The molecule has 0 saturated heterocycles. The first-order valence-electron chi connectivity index (χ1n) is 8.24. The lowest BCUT2D eigenvalue weighted by Crippen LogP contribution is -2.10. The van der Waals surface area contributed by atoms with E-state index in [1.165, 1.54) is 5.56 Å². The lowest BCUT2D eigenvalue weighted by molar-refractivity contribution is 0.617. The second-order valence-electron chi connectivity index (χ2n) is 5.97. The molecule has 3 aromatic carbocycles. The number of hydrogen-bond donors (Lipinski definition) is 0. The van der Waals surface area contributed by atoms with Crippen LogP contribution >= 0.6 is 0 Å². The molecule has 4 rings (SSSR count). The van der Waals surface area contributed by atoms with Crippen molar-refractivity contribution in [3.63, 3.8) is 0 Å². The van der Waals surface area contributed by atoms with Crippen molar-refractivity contribution in [2.45, 2.75) is 13.0 Å². The number of benzene rings is 3. The SMILES string of the molecule is Cc1ccc(C(C#Cc2ccccc2)n2nnc3ccccc32)cc1. The maximum absolute atomic E-state index is 4.37. The molecule has 0 N–H and O–H groups in total. The summed E-state index contributed by atoms with van der Waals surface area (Å²) in [4.78, 5) is 0. The Morgan fingerprint density at radius 3 is 2.36 bits per heavy atom. The third-order valence-corrected chi connectivity index (χ3v) is 4.14. The molecule has 1 heterocycles. The van der Waals surface area contributed by atoms with Crippen molar-refractivity contribution in [3.8, 4) is 11.8 Å². The number of hydrogen-bond acceptors (Lipinski definition) is 2. The summed E-state index contributed by atoms with van der Waals surface area (Å²) in [7, 11) is 0. The largest absolute Gasteiger partial charge is 0.225 e. The predicted octanol–water partition coefficient (Wildman–Crippen LogP) is 4.38. The molecule has 0 radical (unpaired) electrons. The van der Waals surface area contributed by atoms with Crippen molar-refractivity contribution in [2.24, 2.45) is 0 Å². The van der Waals surface area contributed by atoms with Crippen LogP contribution in [0.4, 0.5) is 0 Å². The molecule has 120 valence electrons. The normalized spacial score (nSPS) is 11.7. The van der Waals surface area contributed by atoms with Crippen LogP contribution in [0.15, 0.2) is 78.9 Å². The van der Waals surface area contributed by atoms with Gasteiger partial charge in [0, 0.05) is 5.56 Å². The minimum absolute atomic E-state index is 0.187. The van der Waals surface area contributed by atoms with Gasteiger partial charge in [0.25, 0.3) is 0 Å². The maximum Gasteiger partial charge on any atom is 0.140 e. The summed E-state index contributed by atoms with van der Waals surface area (Å²) < 4.78 is 1.90. The number of fused-ring (bicyclic) bond motifs is 1. The van der Waals surface area contributed by atoms with Crippen LogP contribution in [0, 0.1) is 18.8 Å². The van der Waals surface area contributed by atoms with Gasteiger partial charge < -0.3 is 0 Å². The van der Waals surface area contributed by atoms with Gasteiger partial charge in [-0.25, -0.2) is 4.68 Å². The van der Waals surface area contributed by atoms with Crippen molar-refractivity contribution in [2.75, 3.05) is 0 Å². The van der Waals surface area contributed by atoms with Gasteiger partial charge in [-0.3, -0.25) is 0 Å². The van der Waals surface area contributed by atoms with Gasteiger partial charge in [0.05, 0.1) is 5.52 Å². The maximum atomic E-state index is 4.37. The summed E-state index contributed by atoms with van der Waals surface area (Å²) in [6.45, 7) is 2.08. The first-order valence-corrected chi connectivity index (χ1v) is 8.24. The zero-order chi connectivity index (χ0) is 17.1. The van der Waals surface area contributed by atoms with E-state index in [-0.39, 0.29) is 6.04 Å². The van der Waals surface area contributed by atoms with E-state index in [9.17, 15) is 0 Å². The first kappa shape index (κ1) is 15.2. The Bertz CT molecular complexity index is 1050. The van der Waals surface area contributed by atoms with Gasteiger partial charge >= 0.3 is 0 Å². The predicted molar refractivity (Wildman–Crippen MR) is 100 cm³/mol. The van der Waals surface area contributed by atoms with Crippen LogP contribution in [-0.4, -0.2) is 15.0 Å². The molecule has 1 unspecified atom stereocenters. The molecule has 3 nitrogen and oxygen atoms in total. The van der Waals surface area contributed by atoms with Gasteiger partial charge in [-0.05, 0) is 36.8 Å². The van der Waals surface area contributed by atoms with E-state index < -0.39 is 0 Å². The van der Waals surface area contributed by atoms with Gasteiger partial charge in [-0.2, -0.15) is 0 Å². The van der Waals surface area contributed by atoms with E-state index in [1.54, 1.807) is 0 Å². The van der Waals surface area contributed by atoms with Crippen LogP contribution in [0.5, 0.6) is 0 Å². The monoisotopic (exact) mass is 323 g/mol. The standard InChI is InChI=1S/C22H17N3/c1-17-11-14-19(15-12-17)21(16-13-18-7-3-2-4-8-18)25-22-10-6-5-9-20(22)23-24-25/h2-12,14-15,21H,1H3. The quantitative estimate of drug-likeness (QED) is 0.513. The molecular weight excluding hydrogens is 306 g/mol. The fourth-order valence-corrected chi connectivity index (χ4v) is 2.79. The van der Waals surface area contributed by atoms with Crippen LogP contribution in [-0.2, 0) is 0 Å². The third kappa shape index (κ3) is 3.15. The minimum Gasteiger partial charge on any atom is -0.225 e. The highest BCUT2D eigenvalue weighted by molar-refractivity contribution is 5.74. The Labute approximate surface area is 146 Å². The molecule has 1 atom stereocenters. The van der Waals surface area contributed by atoms with E-state index in [1.807, 2.05) is 59.3 Å². The Morgan fingerprint density at radius 2 is 1.56 bits per heavy atom. The van der Waals surface area contributed by atoms with E-state index in [2.05, 4.69) is 53.3 Å². The van der Waals surface area contributed by atoms with E-state index >= 15 is 0 Å². The molecule has 0 saturated carbocycles. The summed E-state index contributed by atoms with van der Waals surface area (Å²) in [5, 5.41) is 8.65. The second-order valence-corrected chi connectivity index (χ2v) is 5.97. The summed E-state index contributed by atoms with van der Waals surface area (Å²) in [6.07, 6.45) is 0. The molecule has 0 spiro atoms. The third-order valence-electron chi connectivity index (χ3n) is 4.14. The van der Waals surface area contributed by atoms with Gasteiger partial charge in [-0.15, -0.1) is 5.10 Å². The van der Waals surface area contributed by atoms with Gasteiger partial charge in [0.2, 0.25) is 0 Å². The lowest BCUT2D eigenvalue weighted by Gasteiger charge is -2.12. The molecule has 0 amide bonds. The van der Waals surface area contributed by atoms with Crippen LogP contribution in [0.1, 0.15) is 22.7 Å².